The normalized spacial score (nSPS) is 11.9. The van der Waals surface area contributed by atoms with E-state index in [0.717, 1.165) is 11.6 Å². The van der Waals surface area contributed by atoms with Crippen LogP contribution in [0.3, 0.4) is 0 Å². The molecule has 1 aromatic carbocycles. The minimum atomic E-state index is -3.63. The van der Waals surface area contributed by atoms with E-state index in [1.54, 1.807) is 31.3 Å². The Morgan fingerprint density at radius 2 is 1.88 bits per heavy atom. The molecule has 0 aliphatic heterocycles. The van der Waals surface area contributed by atoms with Crippen molar-refractivity contribution in [2.24, 2.45) is 5.92 Å². The number of aromatic nitrogens is 3. The van der Waals surface area contributed by atoms with Crippen LogP contribution in [0.25, 0.3) is 21.8 Å². The van der Waals surface area contributed by atoms with Crippen molar-refractivity contribution in [2.75, 3.05) is 22.3 Å². The van der Waals surface area contributed by atoms with Gasteiger partial charge >= 0.3 is 0 Å². The number of rotatable bonds is 10. The molecule has 2 N–H and O–H groups in total. The predicted octanol–water partition coefficient (Wildman–Crippen LogP) is 5.75. The first kappa shape index (κ1) is 25.0. The van der Waals surface area contributed by atoms with Crippen LogP contribution in [0.1, 0.15) is 52.0 Å². The summed E-state index contributed by atoms with van der Waals surface area (Å²) in [5, 5.41) is 4.05. The van der Waals surface area contributed by atoms with E-state index >= 15 is 4.39 Å². The number of benzene rings is 1. The Labute approximate surface area is 199 Å². The van der Waals surface area contributed by atoms with Crippen molar-refractivity contribution in [3.63, 3.8) is 0 Å². The lowest BCUT2D eigenvalue weighted by molar-refractivity contribution is 0.597. The van der Waals surface area contributed by atoms with E-state index < -0.39 is 15.8 Å². The maximum absolute atomic E-state index is 15.5. The van der Waals surface area contributed by atoms with Gasteiger partial charge in [0.05, 0.1) is 32.7 Å². The Kier molecular flexibility index (Phi) is 8.01. The number of thiazole rings is 1. The van der Waals surface area contributed by atoms with Crippen molar-refractivity contribution in [3.05, 3.63) is 41.3 Å². The van der Waals surface area contributed by atoms with Crippen LogP contribution < -0.4 is 10.0 Å². The molecule has 3 rings (SSSR count). The van der Waals surface area contributed by atoms with Crippen LogP contribution in [0, 0.1) is 11.7 Å². The van der Waals surface area contributed by atoms with Crippen molar-refractivity contribution >= 4 is 33.0 Å². The molecule has 0 spiro atoms. The van der Waals surface area contributed by atoms with Crippen molar-refractivity contribution in [1.29, 1.82) is 0 Å². The quantitative estimate of drug-likeness (QED) is 0.375. The van der Waals surface area contributed by atoms with Gasteiger partial charge in [-0.3, -0.25) is 4.72 Å². The number of halogens is 1. The molecule has 178 valence electrons. The average molecular weight is 492 g/mol. The van der Waals surface area contributed by atoms with Gasteiger partial charge in [0.2, 0.25) is 16.0 Å². The highest BCUT2D eigenvalue weighted by atomic mass is 32.2. The van der Waals surface area contributed by atoms with Crippen LogP contribution in [0.15, 0.2) is 30.5 Å². The fourth-order valence-electron chi connectivity index (χ4n) is 3.09. The minimum absolute atomic E-state index is 0.0802. The Balaban J connectivity index is 2.08. The average Bonchev–Trinajstić information content (AvgIpc) is 3.19. The largest absolute Gasteiger partial charge is 0.354 e. The van der Waals surface area contributed by atoms with Gasteiger partial charge in [-0.05, 0) is 30.5 Å². The van der Waals surface area contributed by atoms with Crippen LogP contribution in [0.4, 0.5) is 16.0 Å². The van der Waals surface area contributed by atoms with Gasteiger partial charge in [0.15, 0.2) is 5.82 Å². The fraction of sp³-hybridized carbons (Fsp3) is 0.435. The van der Waals surface area contributed by atoms with Gasteiger partial charge in [0.25, 0.3) is 0 Å². The summed E-state index contributed by atoms with van der Waals surface area (Å²) in [6.45, 7) is 10.7. The number of nitrogens with one attached hydrogen (secondary N) is 2. The minimum Gasteiger partial charge on any atom is -0.354 e. The molecule has 0 saturated carbocycles. The third kappa shape index (κ3) is 6.26. The Morgan fingerprint density at radius 1 is 1.12 bits per heavy atom. The number of sulfonamides is 1. The first-order valence-corrected chi connectivity index (χ1v) is 13.5. The molecular formula is C23H30FN5O2S2. The van der Waals surface area contributed by atoms with Crippen LogP contribution >= 0.6 is 11.3 Å². The number of hydrogen-bond donors (Lipinski definition) is 2. The molecule has 3 aromatic rings. The van der Waals surface area contributed by atoms with Gasteiger partial charge in [-0.1, -0.05) is 40.7 Å². The first-order valence-electron chi connectivity index (χ1n) is 11.0. The smallest absolute Gasteiger partial charge is 0.232 e. The van der Waals surface area contributed by atoms with Gasteiger partial charge in [0.1, 0.15) is 0 Å². The molecule has 10 heteroatoms. The molecule has 0 atom stereocenters. The molecule has 33 heavy (non-hydrogen) atoms. The molecule has 0 unspecified atom stereocenters. The third-order valence-electron chi connectivity index (χ3n) is 4.69. The van der Waals surface area contributed by atoms with Gasteiger partial charge < -0.3 is 5.32 Å². The zero-order valence-corrected chi connectivity index (χ0v) is 21.1. The second-order valence-electron chi connectivity index (χ2n) is 8.51. The number of nitrogens with zero attached hydrogens (tertiary/aromatic N) is 3. The highest BCUT2D eigenvalue weighted by molar-refractivity contribution is 7.92. The molecule has 0 amide bonds. The monoisotopic (exact) mass is 491 g/mol. The van der Waals surface area contributed by atoms with E-state index in [4.69, 9.17) is 4.98 Å². The summed E-state index contributed by atoms with van der Waals surface area (Å²) in [5.41, 5.74) is 1.20. The number of hydrogen-bond acceptors (Lipinski definition) is 7. The fourth-order valence-corrected chi connectivity index (χ4v) is 5.27. The summed E-state index contributed by atoms with van der Waals surface area (Å²) in [6, 6.07) is 6.41. The van der Waals surface area contributed by atoms with Gasteiger partial charge in [0, 0.05) is 24.2 Å². The Bertz CT molecular complexity index is 1210. The second-order valence-corrected chi connectivity index (χ2v) is 11.4. The van der Waals surface area contributed by atoms with Crippen LogP contribution in [-0.4, -0.2) is 35.7 Å². The summed E-state index contributed by atoms with van der Waals surface area (Å²) >= 11 is 1.45. The van der Waals surface area contributed by atoms with Crippen molar-refractivity contribution in [2.45, 2.75) is 47.0 Å². The summed E-state index contributed by atoms with van der Waals surface area (Å²) in [5.74, 6) is 0.317. The maximum atomic E-state index is 15.5. The lowest BCUT2D eigenvalue weighted by atomic mass is 10.1. The summed E-state index contributed by atoms with van der Waals surface area (Å²) in [6.07, 6.45) is 2.10. The van der Waals surface area contributed by atoms with Crippen LogP contribution in [-0.2, 0) is 10.0 Å². The van der Waals surface area contributed by atoms with E-state index in [0.29, 0.717) is 34.6 Å². The van der Waals surface area contributed by atoms with Gasteiger partial charge in [-0.2, -0.15) is 0 Å². The molecule has 0 aliphatic carbocycles. The third-order valence-corrected chi connectivity index (χ3v) is 7.54. The molecular weight excluding hydrogens is 461 g/mol. The molecule has 2 heterocycles. The first-order chi connectivity index (χ1) is 15.6. The molecule has 7 nitrogen and oxygen atoms in total. The SMILES string of the molecule is CCCS(=O)(=O)Nc1cccc(-c2nc(C(C)C)sc2-c2ccnc(NCC(C)C)n2)c1F. The molecule has 0 bridgehead atoms. The summed E-state index contributed by atoms with van der Waals surface area (Å²) in [7, 11) is -3.63. The van der Waals surface area contributed by atoms with Crippen LogP contribution in [0.5, 0.6) is 0 Å². The maximum Gasteiger partial charge on any atom is 0.232 e. The highest BCUT2D eigenvalue weighted by Crippen LogP contribution is 2.40. The molecule has 2 aromatic heterocycles. The van der Waals surface area contributed by atoms with Gasteiger partial charge in [-0.15, -0.1) is 11.3 Å². The van der Waals surface area contributed by atoms with E-state index in [-0.39, 0.29) is 22.9 Å². The van der Waals surface area contributed by atoms with E-state index in [1.807, 2.05) is 13.8 Å². The molecule has 0 radical (unpaired) electrons. The lowest BCUT2D eigenvalue weighted by Crippen LogP contribution is -2.17. The van der Waals surface area contributed by atoms with Gasteiger partial charge in [-0.25, -0.2) is 27.8 Å². The summed E-state index contributed by atoms with van der Waals surface area (Å²) < 4.78 is 42.3. The van der Waals surface area contributed by atoms with Crippen LogP contribution in [0.2, 0.25) is 0 Å². The topological polar surface area (TPSA) is 96.9 Å². The van der Waals surface area contributed by atoms with Crippen molar-refractivity contribution in [3.8, 4) is 21.8 Å². The zero-order valence-electron chi connectivity index (χ0n) is 19.5. The number of anilines is 2. The predicted molar refractivity (Wildman–Crippen MR) is 134 cm³/mol. The van der Waals surface area contributed by atoms with E-state index in [9.17, 15) is 8.42 Å². The standard InChI is InChI=1S/C23H30FN5O2S2/c1-6-12-33(30,31)29-17-9-7-8-16(19(17)24)20-21(32-22(28-20)15(4)5)18-10-11-25-23(27-18)26-13-14(2)3/h7-11,14-15,29H,6,12-13H2,1-5H3,(H,25,26,27). The molecule has 0 fully saturated rings. The molecule has 0 aliphatic rings. The lowest BCUT2D eigenvalue weighted by Gasteiger charge is -2.11. The van der Waals surface area contributed by atoms with E-state index in [2.05, 4.69) is 33.9 Å². The zero-order chi connectivity index (χ0) is 24.2. The second kappa shape index (κ2) is 10.6. The van der Waals surface area contributed by atoms with Crippen molar-refractivity contribution in [1.82, 2.24) is 15.0 Å². The Morgan fingerprint density at radius 3 is 2.55 bits per heavy atom. The Hall–Kier alpha value is -2.59. The molecule has 0 saturated heterocycles. The summed E-state index contributed by atoms with van der Waals surface area (Å²) in [4.78, 5) is 14.3. The van der Waals surface area contributed by atoms with Crippen molar-refractivity contribution < 1.29 is 12.8 Å². The van der Waals surface area contributed by atoms with E-state index in [1.165, 1.54) is 17.4 Å². The highest BCUT2D eigenvalue weighted by Gasteiger charge is 2.23.